The molecule has 0 radical (unpaired) electrons. The molecular weight excluding hydrogens is 801 g/mol. The summed E-state index contributed by atoms with van der Waals surface area (Å²) in [4.78, 5) is 4.88. The second-order valence-corrected chi connectivity index (χ2v) is 20.2. The highest BCUT2D eigenvalue weighted by Gasteiger charge is 2.31. The van der Waals surface area contributed by atoms with E-state index in [4.69, 9.17) is 0 Å². The van der Waals surface area contributed by atoms with E-state index in [0.29, 0.717) is 0 Å². The standard InChI is InChI=1S/C62H50N4/c1-61(2,3)49-31-19-29-45-55-51(63(39-21-11-7-12-22-39)40-23-13-8-14-24-40)35-33-43-47-38-54-48(37-53(47)65(57(45)49)59(43)55)44-34-36-52(64(41-25-15-9-16-26-41)42-27-17-10-18-28-42)56-46-30-20-32-50(62(4,5)6)58(46)66(54)60(44)56/h7-38H,1-6H3. The number of hydrogen-bond acceptors (Lipinski definition) is 2. The topological polar surface area (TPSA) is 15.3 Å². The van der Waals surface area contributed by atoms with Crippen LogP contribution in [0.4, 0.5) is 34.1 Å². The average Bonchev–Trinajstić information content (AvgIpc) is 4.06. The molecule has 4 nitrogen and oxygen atoms in total. The highest BCUT2D eigenvalue weighted by Crippen LogP contribution is 2.52. The molecule has 13 rings (SSSR count). The van der Waals surface area contributed by atoms with Gasteiger partial charge in [0.05, 0.1) is 44.5 Å². The first-order chi connectivity index (χ1) is 32.1. The summed E-state index contributed by atoms with van der Waals surface area (Å²) < 4.78 is 5.25. The van der Waals surface area contributed by atoms with E-state index in [-0.39, 0.29) is 10.8 Å². The van der Waals surface area contributed by atoms with Crippen molar-refractivity contribution in [2.75, 3.05) is 9.80 Å². The zero-order chi connectivity index (χ0) is 44.6. The monoisotopic (exact) mass is 850 g/mol. The lowest BCUT2D eigenvalue weighted by molar-refractivity contribution is 0.594. The van der Waals surface area contributed by atoms with Crippen LogP contribution < -0.4 is 9.80 Å². The van der Waals surface area contributed by atoms with Crippen LogP contribution >= 0.6 is 0 Å². The van der Waals surface area contributed by atoms with Crippen LogP contribution in [0.15, 0.2) is 194 Å². The van der Waals surface area contributed by atoms with E-state index >= 15 is 0 Å². The molecule has 0 spiro atoms. The van der Waals surface area contributed by atoms with Gasteiger partial charge in [0.2, 0.25) is 0 Å². The van der Waals surface area contributed by atoms with Crippen molar-refractivity contribution in [3.63, 3.8) is 0 Å². The molecule has 0 N–H and O–H groups in total. The fraction of sp³-hybridized carbons (Fsp3) is 0.129. The van der Waals surface area contributed by atoms with E-state index in [1.54, 1.807) is 0 Å². The number of aromatic nitrogens is 2. The van der Waals surface area contributed by atoms with Gasteiger partial charge in [0, 0.05) is 65.8 Å². The number of para-hydroxylation sites is 6. The van der Waals surface area contributed by atoms with Crippen LogP contribution in [0.25, 0.3) is 76.2 Å². The molecule has 66 heavy (non-hydrogen) atoms. The summed E-state index contributed by atoms with van der Waals surface area (Å²) in [5.74, 6) is 0. The van der Waals surface area contributed by atoms with Gasteiger partial charge in [-0.15, -0.1) is 0 Å². The van der Waals surface area contributed by atoms with Crippen molar-refractivity contribution in [2.45, 2.75) is 52.4 Å². The first-order valence-corrected chi connectivity index (χ1v) is 23.3. The highest BCUT2D eigenvalue weighted by molar-refractivity contribution is 6.32. The molecule has 0 aliphatic rings. The van der Waals surface area contributed by atoms with E-state index in [0.717, 1.165) is 22.7 Å². The van der Waals surface area contributed by atoms with Crippen LogP contribution in [0.5, 0.6) is 0 Å². The Morgan fingerprint density at radius 3 is 0.955 bits per heavy atom. The second-order valence-electron chi connectivity index (χ2n) is 20.2. The molecule has 318 valence electrons. The molecule has 0 saturated carbocycles. The van der Waals surface area contributed by atoms with E-state index in [9.17, 15) is 0 Å². The van der Waals surface area contributed by atoms with Crippen molar-refractivity contribution >= 4 is 110 Å². The maximum Gasteiger partial charge on any atom is 0.0641 e. The van der Waals surface area contributed by atoms with Gasteiger partial charge in [0.15, 0.2) is 0 Å². The summed E-state index contributed by atoms with van der Waals surface area (Å²) in [7, 11) is 0. The maximum atomic E-state index is 2.62. The quantitative estimate of drug-likeness (QED) is 0.166. The number of anilines is 6. The Morgan fingerprint density at radius 1 is 0.303 bits per heavy atom. The van der Waals surface area contributed by atoms with Crippen molar-refractivity contribution in [3.8, 4) is 0 Å². The Balaban J connectivity index is 1.20. The summed E-state index contributed by atoms with van der Waals surface area (Å²) in [5, 5.41) is 10.2. The Hall–Kier alpha value is -7.82. The minimum atomic E-state index is -0.0995. The number of rotatable bonds is 6. The molecule has 0 bridgehead atoms. The molecule has 0 atom stereocenters. The lowest BCUT2D eigenvalue weighted by Gasteiger charge is -2.26. The van der Waals surface area contributed by atoms with Gasteiger partial charge in [-0.2, -0.15) is 0 Å². The number of fused-ring (bicyclic) bond motifs is 12. The molecule has 0 aliphatic carbocycles. The summed E-state index contributed by atoms with van der Waals surface area (Å²) in [6.07, 6.45) is 0. The summed E-state index contributed by atoms with van der Waals surface area (Å²) in [6, 6.07) is 71.8. The SMILES string of the molecule is CC(C)(C)c1cccc2c3c(N(c4ccccc4)c4ccccc4)ccc4c5cc6c(cc5n(c12)c43)c1ccc(N(c2ccccc2)c2ccccc2)c2c3cccc(C(C)(C)C)c3n6c12. The van der Waals surface area contributed by atoms with Crippen LogP contribution in [0.1, 0.15) is 52.7 Å². The van der Waals surface area contributed by atoms with Gasteiger partial charge >= 0.3 is 0 Å². The van der Waals surface area contributed by atoms with Crippen LogP contribution in [0.3, 0.4) is 0 Å². The number of hydrogen-bond donors (Lipinski definition) is 0. The van der Waals surface area contributed by atoms with Gasteiger partial charge in [0.25, 0.3) is 0 Å². The molecule has 4 heterocycles. The molecular formula is C62H50N4. The van der Waals surface area contributed by atoms with Gasteiger partial charge in [-0.05, 0) is 94.8 Å². The number of nitrogens with zero attached hydrogens (tertiary/aromatic N) is 4. The highest BCUT2D eigenvalue weighted by atomic mass is 15.2. The normalized spacial score (nSPS) is 12.7. The third kappa shape index (κ3) is 5.39. The molecule has 9 aromatic carbocycles. The van der Waals surface area contributed by atoms with E-state index in [2.05, 4.69) is 254 Å². The molecule has 0 aliphatic heterocycles. The summed E-state index contributed by atoms with van der Waals surface area (Å²) >= 11 is 0. The molecule has 0 fully saturated rings. The van der Waals surface area contributed by atoms with Crippen molar-refractivity contribution in [2.24, 2.45) is 0 Å². The third-order valence-corrected chi connectivity index (χ3v) is 14.1. The van der Waals surface area contributed by atoms with Gasteiger partial charge in [-0.1, -0.05) is 163 Å². The smallest absolute Gasteiger partial charge is 0.0641 e. The van der Waals surface area contributed by atoms with Gasteiger partial charge in [-0.3, -0.25) is 0 Å². The van der Waals surface area contributed by atoms with Crippen LogP contribution in [0, 0.1) is 0 Å². The fourth-order valence-electron chi connectivity index (χ4n) is 11.4. The van der Waals surface area contributed by atoms with Crippen LogP contribution in [-0.2, 0) is 10.8 Å². The largest absolute Gasteiger partial charge is 0.310 e. The van der Waals surface area contributed by atoms with Gasteiger partial charge in [0.1, 0.15) is 0 Å². The van der Waals surface area contributed by atoms with E-state index in [1.807, 2.05) is 0 Å². The number of benzene rings is 9. The minimum Gasteiger partial charge on any atom is -0.310 e. The Labute approximate surface area is 384 Å². The fourth-order valence-corrected chi connectivity index (χ4v) is 11.4. The molecule has 4 heteroatoms. The van der Waals surface area contributed by atoms with Crippen molar-refractivity contribution in [3.05, 3.63) is 205 Å². The van der Waals surface area contributed by atoms with Crippen molar-refractivity contribution < 1.29 is 0 Å². The lowest BCUT2D eigenvalue weighted by Crippen LogP contribution is -2.12. The first kappa shape index (κ1) is 38.6. The van der Waals surface area contributed by atoms with E-state index in [1.165, 1.54) is 98.7 Å². The molecule has 0 amide bonds. The average molecular weight is 851 g/mol. The lowest BCUT2D eigenvalue weighted by atomic mass is 9.85. The molecule has 0 unspecified atom stereocenters. The maximum absolute atomic E-state index is 2.62. The minimum absolute atomic E-state index is 0.0995. The zero-order valence-corrected chi connectivity index (χ0v) is 38.3. The van der Waals surface area contributed by atoms with Gasteiger partial charge in [-0.25, -0.2) is 0 Å². The third-order valence-electron chi connectivity index (χ3n) is 14.1. The molecule has 0 saturated heterocycles. The van der Waals surface area contributed by atoms with Crippen molar-refractivity contribution in [1.29, 1.82) is 0 Å². The van der Waals surface area contributed by atoms with Crippen LogP contribution in [-0.4, -0.2) is 8.80 Å². The Kier molecular flexibility index (Phi) is 8.10. The first-order valence-electron chi connectivity index (χ1n) is 23.3. The second kappa shape index (κ2) is 13.8. The predicted molar refractivity (Wildman–Crippen MR) is 283 cm³/mol. The Bertz CT molecular complexity index is 3640. The predicted octanol–water partition coefficient (Wildman–Crippen LogP) is 17.5. The summed E-state index contributed by atoms with van der Waals surface area (Å²) in [6.45, 7) is 14.1. The van der Waals surface area contributed by atoms with Crippen molar-refractivity contribution in [1.82, 2.24) is 8.80 Å². The van der Waals surface area contributed by atoms with E-state index < -0.39 is 0 Å². The Morgan fingerprint density at radius 2 is 0.636 bits per heavy atom. The molecule has 4 aromatic heterocycles. The van der Waals surface area contributed by atoms with Crippen LogP contribution in [0.2, 0.25) is 0 Å². The summed E-state index contributed by atoms with van der Waals surface area (Å²) in [5.41, 5.74) is 16.9. The molecule has 13 aromatic rings. The zero-order valence-electron chi connectivity index (χ0n) is 38.3. The van der Waals surface area contributed by atoms with Gasteiger partial charge < -0.3 is 18.6 Å².